The summed E-state index contributed by atoms with van der Waals surface area (Å²) in [5, 5.41) is 3.12. The van der Waals surface area contributed by atoms with Gasteiger partial charge >= 0.3 is 6.18 Å². The highest BCUT2D eigenvalue weighted by Gasteiger charge is 2.34. The molecule has 7 heteroatoms. The molecule has 2 fully saturated rings. The zero-order chi connectivity index (χ0) is 21.1. The third-order valence-corrected chi connectivity index (χ3v) is 5.72. The third-order valence-electron chi connectivity index (χ3n) is 5.72. The van der Waals surface area contributed by atoms with Gasteiger partial charge in [-0.1, -0.05) is 48.5 Å². The lowest BCUT2D eigenvalue weighted by molar-refractivity contribution is -0.137. The number of benzene rings is 2. The number of nitrogens with zero attached hydrogens (tertiary/aromatic N) is 2. The highest BCUT2D eigenvalue weighted by Crippen LogP contribution is 2.30. The molecule has 1 amide bonds. The molecule has 1 heterocycles. The zero-order valence-corrected chi connectivity index (χ0v) is 16.7. The maximum atomic E-state index is 13.0. The Morgan fingerprint density at radius 2 is 1.70 bits per heavy atom. The van der Waals surface area contributed by atoms with Gasteiger partial charge in [0.1, 0.15) is 6.04 Å². The molecule has 1 saturated carbocycles. The quantitative estimate of drug-likeness (QED) is 0.776. The van der Waals surface area contributed by atoms with E-state index in [0.29, 0.717) is 44.3 Å². The van der Waals surface area contributed by atoms with E-state index in [2.05, 4.69) is 15.1 Å². The number of rotatable bonds is 6. The zero-order valence-electron chi connectivity index (χ0n) is 16.7. The Morgan fingerprint density at radius 3 is 2.33 bits per heavy atom. The average Bonchev–Trinajstić information content (AvgIpc) is 3.54. The van der Waals surface area contributed by atoms with Gasteiger partial charge in [-0.2, -0.15) is 13.2 Å². The average molecular weight is 417 g/mol. The number of hydrogen-bond acceptors (Lipinski definition) is 3. The van der Waals surface area contributed by atoms with Crippen LogP contribution in [0, 0.1) is 0 Å². The molecule has 4 nitrogen and oxygen atoms in total. The summed E-state index contributed by atoms with van der Waals surface area (Å²) in [5.74, 6) is 0.0371. The molecule has 1 aliphatic carbocycles. The van der Waals surface area contributed by atoms with Gasteiger partial charge in [0.05, 0.1) is 5.56 Å². The van der Waals surface area contributed by atoms with Crippen LogP contribution in [0.25, 0.3) is 0 Å². The van der Waals surface area contributed by atoms with E-state index >= 15 is 0 Å². The molecule has 0 radical (unpaired) electrons. The molecule has 1 saturated heterocycles. The fourth-order valence-electron chi connectivity index (χ4n) is 3.95. The summed E-state index contributed by atoms with van der Waals surface area (Å²) in [6.45, 7) is 3.27. The van der Waals surface area contributed by atoms with E-state index < -0.39 is 11.7 Å². The second-order valence-corrected chi connectivity index (χ2v) is 8.11. The minimum absolute atomic E-state index is 0.0371. The molecule has 2 aromatic rings. The van der Waals surface area contributed by atoms with Crippen molar-refractivity contribution in [2.45, 2.75) is 37.6 Å². The number of carbonyl (C=O) groups excluding carboxylic acids is 1. The minimum Gasteiger partial charge on any atom is -0.352 e. The van der Waals surface area contributed by atoms with Crippen LogP contribution in [0.5, 0.6) is 0 Å². The van der Waals surface area contributed by atoms with Crippen LogP contribution in [0.3, 0.4) is 0 Å². The first kappa shape index (κ1) is 20.9. The van der Waals surface area contributed by atoms with Crippen LogP contribution in [0.1, 0.15) is 35.6 Å². The summed E-state index contributed by atoms with van der Waals surface area (Å²) in [6.07, 6.45) is -2.25. The lowest BCUT2D eigenvalue weighted by atomic mass is 10.0. The number of hydrogen-bond donors (Lipinski definition) is 1. The molecule has 2 aliphatic rings. The molecular weight excluding hydrogens is 391 g/mol. The molecule has 160 valence electrons. The van der Waals surface area contributed by atoms with Crippen LogP contribution in [-0.4, -0.2) is 47.9 Å². The lowest BCUT2D eigenvalue weighted by Crippen LogP contribution is -2.51. The maximum Gasteiger partial charge on any atom is 0.416 e. The lowest BCUT2D eigenvalue weighted by Gasteiger charge is -2.39. The van der Waals surface area contributed by atoms with Gasteiger partial charge < -0.3 is 5.32 Å². The van der Waals surface area contributed by atoms with Gasteiger partial charge in [-0.05, 0) is 30.0 Å². The highest BCUT2D eigenvalue weighted by atomic mass is 19.4. The van der Waals surface area contributed by atoms with E-state index in [-0.39, 0.29) is 11.9 Å². The van der Waals surface area contributed by atoms with E-state index in [4.69, 9.17) is 0 Å². The van der Waals surface area contributed by atoms with Crippen LogP contribution >= 0.6 is 0 Å². The SMILES string of the molecule is O=C(NC1CC1)[C@H](c1ccccc1)N1CCN(Cc2cccc(C(F)(F)F)c2)CC1. The van der Waals surface area contributed by atoms with Crippen LogP contribution in [-0.2, 0) is 17.5 Å². The predicted octanol–water partition coefficient (Wildman–Crippen LogP) is 3.84. The monoisotopic (exact) mass is 417 g/mol. The van der Waals surface area contributed by atoms with Crippen LogP contribution < -0.4 is 5.32 Å². The van der Waals surface area contributed by atoms with E-state index in [1.807, 2.05) is 30.3 Å². The van der Waals surface area contributed by atoms with Crippen LogP contribution in [0.15, 0.2) is 54.6 Å². The van der Waals surface area contributed by atoms with E-state index in [9.17, 15) is 18.0 Å². The largest absolute Gasteiger partial charge is 0.416 e. The second-order valence-electron chi connectivity index (χ2n) is 8.11. The van der Waals surface area contributed by atoms with Gasteiger partial charge in [0, 0.05) is 38.8 Å². The minimum atomic E-state index is -4.33. The van der Waals surface area contributed by atoms with Crippen molar-refractivity contribution in [2.24, 2.45) is 0 Å². The molecule has 0 spiro atoms. The Hall–Kier alpha value is -2.38. The van der Waals surface area contributed by atoms with Gasteiger partial charge in [0.2, 0.25) is 5.91 Å². The Kier molecular flexibility index (Phi) is 6.11. The Balaban J connectivity index is 1.40. The maximum absolute atomic E-state index is 13.0. The predicted molar refractivity (Wildman–Crippen MR) is 109 cm³/mol. The molecule has 0 bridgehead atoms. The number of halogens is 3. The highest BCUT2D eigenvalue weighted by molar-refractivity contribution is 5.83. The first-order valence-corrected chi connectivity index (χ1v) is 10.4. The summed E-state index contributed by atoms with van der Waals surface area (Å²) in [6, 6.07) is 15.3. The van der Waals surface area contributed by atoms with Gasteiger partial charge in [0.15, 0.2) is 0 Å². The molecule has 30 heavy (non-hydrogen) atoms. The third kappa shape index (κ3) is 5.21. The summed E-state index contributed by atoms with van der Waals surface area (Å²) in [5.41, 5.74) is 1.02. The number of carbonyl (C=O) groups is 1. The Labute approximate surface area is 174 Å². The van der Waals surface area contributed by atoms with Crippen molar-refractivity contribution in [3.05, 3.63) is 71.3 Å². The Bertz CT molecular complexity index is 859. The standard InChI is InChI=1S/C23H26F3N3O/c24-23(25,26)19-8-4-5-17(15-19)16-28-11-13-29(14-12-28)21(18-6-2-1-3-7-18)22(30)27-20-9-10-20/h1-8,15,20-21H,9-14,16H2,(H,27,30)/t21-/m0/s1. The number of nitrogens with one attached hydrogen (secondary N) is 1. The molecule has 1 atom stereocenters. The molecule has 2 aromatic carbocycles. The topological polar surface area (TPSA) is 35.6 Å². The van der Waals surface area contributed by atoms with E-state index in [1.165, 1.54) is 12.1 Å². The van der Waals surface area contributed by atoms with Gasteiger partial charge in [-0.25, -0.2) is 0 Å². The first-order valence-electron chi connectivity index (χ1n) is 10.4. The summed E-state index contributed by atoms with van der Waals surface area (Å²) in [4.78, 5) is 17.2. The molecule has 0 aromatic heterocycles. The van der Waals surface area contributed by atoms with Crippen molar-refractivity contribution in [1.82, 2.24) is 15.1 Å². The van der Waals surface area contributed by atoms with Crippen molar-refractivity contribution >= 4 is 5.91 Å². The molecular formula is C23H26F3N3O. The molecule has 1 aliphatic heterocycles. The van der Waals surface area contributed by atoms with Crippen molar-refractivity contribution < 1.29 is 18.0 Å². The summed E-state index contributed by atoms with van der Waals surface area (Å²) in [7, 11) is 0. The first-order chi connectivity index (χ1) is 14.4. The second kappa shape index (κ2) is 8.78. The molecule has 1 N–H and O–H groups in total. The van der Waals surface area contributed by atoms with Crippen molar-refractivity contribution in [3.8, 4) is 0 Å². The van der Waals surface area contributed by atoms with Gasteiger partial charge in [0.25, 0.3) is 0 Å². The van der Waals surface area contributed by atoms with Gasteiger partial charge in [-0.15, -0.1) is 0 Å². The number of amides is 1. The number of piperazine rings is 1. The van der Waals surface area contributed by atoms with E-state index in [1.54, 1.807) is 6.07 Å². The molecule has 4 rings (SSSR count). The Morgan fingerprint density at radius 1 is 1.00 bits per heavy atom. The van der Waals surface area contributed by atoms with Crippen LogP contribution in [0.2, 0.25) is 0 Å². The number of alkyl halides is 3. The summed E-state index contributed by atoms with van der Waals surface area (Å²) >= 11 is 0. The smallest absolute Gasteiger partial charge is 0.352 e. The fourth-order valence-corrected chi connectivity index (χ4v) is 3.95. The van der Waals surface area contributed by atoms with E-state index in [0.717, 1.165) is 24.5 Å². The van der Waals surface area contributed by atoms with Gasteiger partial charge in [-0.3, -0.25) is 14.6 Å². The molecule has 0 unspecified atom stereocenters. The fraction of sp³-hybridized carbons (Fsp3) is 0.435. The summed E-state index contributed by atoms with van der Waals surface area (Å²) < 4.78 is 38.9. The normalized spacial score (nSPS) is 19.4. The van der Waals surface area contributed by atoms with Crippen LogP contribution in [0.4, 0.5) is 13.2 Å². The van der Waals surface area contributed by atoms with Crippen molar-refractivity contribution in [1.29, 1.82) is 0 Å². The van der Waals surface area contributed by atoms with Crippen molar-refractivity contribution in [2.75, 3.05) is 26.2 Å². The van der Waals surface area contributed by atoms with Crippen molar-refractivity contribution in [3.63, 3.8) is 0 Å².